The number of hydrogen-bond acceptors (Lipinski definition) is 1. The number of nitrogens with zero attached hydrogens (tertiary/aromatic N) is 2. The van der Waals surface area contributed by atoms with Gasteiger partial charge in [-0.25, -0.2) is 0 Å². The third kappa shape index (κ3) is 3.24. The van der Waals surface area contributed by atoms with Crippen LogP contribution in [0.4, 0.5) is 5.69 Å². The SMILES string of the molecule is Cc1ccc(C=Nc2cccc(I)c2)n1-c1ccccc1. The third-order valence-corrected chi connectivity index (χ3v) is 3.95. The van der Waals surface area contributed by atoms with Crippen molar-refractivity contribution < 1.29 is 0 Å². The molecule has 104 valence electrons. The number of aromatic nitrogens is 1. The predicted octanol–water partition coefficient (Wildman–Crippen LogP) is 5.14. The topological polar surface area (TPSA) is 17.3 Å². The van der Waals surface area contributed by atoms with Gasteiger partial charge in [-0.3, -0.25) is 4.99 Å². The van der Waals surface area contributed by atoms with Crippen LogP contribution >= 0.6 is 22.6 Å². The summed E-state index contributed by atoms with van der Waals surface area (Å²) in [5, 5.41) is 0. The third-order valence-electron chi connectivity index (χ3n) is 3.27. The second-order valence-electron chi connectivity index (χ2n) is 4.81. The molecule has 0 saturated heterocycles. The molecule has 3 aromatic rings. The average Bonchev–Trinajstić information content (AvgIpc) is 2.87. The van der Waals surface area contributed by atoms with Crippen LogP contribution in [-0.4, -0.2) is 10.8 Å². The summed E-state index contributed by atoms with van der Waals surface area (Å²) in [5.41, 5.74) is 4.41. The van der Waals surface area contributed by atoms with Crippen LogP contribution in [0.25, 0.3) is 5.69 Å². The van der Waals surface area contributed by atoms with E-state index in [4.69, 9.17) is 0 Å². The fourth-order valence-corrected chi connectivity index (χ4v) is 2.81. The minimum Gasteiger partial charge on any atom is -0.313 e. The Balaban J connectivity index is 1.97. The quantitative estimate of drug-likeness (QED) is 0.438. The Bertz CT molecular complexity index is 773. The molecule has 0 N–H and O–H groups in total. The Morgan fingerprint density at radius 3 is 2.52 bits per heavy atom. The van der Waals surface area contributed by atoms with Gasteiger partial charge in [-0.05, 0) is 72.0 Å². The molecular formula is C18H15IN2. The Labute approximate surface area is 138 Å². The molecule has 0 radical (unpaired) electrons. The van der Waals surface area contributed by atoms with Crippen LogP contribution in [0.1, 0.15) is 11.4 Å². The molecule has 0 bridgehead atoms. The first kappa shape index (κ1) is 14.1. The van der Waals surface area contributed by atoms with Gasteiger partial charge in [0.05, 0.1) is 17.6 Å². The zero-order valence-electron chi connectivity index (χ0n) is 11.7. The van der Waals surface area contributed by atoms with Gasteiger partial charge in [0.2, 0.25) is 0 Å². The molecule has 0 saturated carbocycles. The van der Waals surface area contributed by atoms with Gasteiger partial charge in [-0.2, -0.15) is 0 Å². The van der Waals surface area contributed by atoms with Gasteiger partial charge in [-0.15, -0.1) is 0 Å². The van der Waals surface area contributed by atoms with Crippen LogP contribution in [-0.2, 0) is 0 Å². The number of rotatable bonds is 3. The van der Waals surface area contributed by atoms with Crippen LogP contribution in [0.3, 0.4) is 0 Å². The highest BCUT2D eigenvalue weighted by Gasteiger charge is 2.04. The molecule has 1 aromatic heterocycles. The van der Waals surface area contributed by atoms with Crippen molar-refractivity contribution in [3.8, 4) is 5.69 Å². The maximum Gasteiger partial charge on any atom is 0.0641 e. The van der Waals surface area contributed by atoms with Crippen molar-refractivity contribution >= 4 is 34.5 Å². The fourth-order valence-electron chi connectivity index (χ4n) is 2.29. The molecular weight excluding hydrogens is 371 g/mol. The van der Waals surface area contributed by atoms with E-state index in [-0.39, 0.29) is 0 Å². The Morgan fingerprint density at radius 1 is 0.952 bits per heavy atom. The van der Waals surface area contributed by atoms with E-state index >= 15 is 0 Å². The lowest BCUT2D eigenvalue weighted by Gasteiger charge is -2.08. The summed E-state index contributed by atoms with van der Waals surface area (Å²) in [6.07, 6.45) is 1.92. The number of para-hydroxylation sites is 1. The largest absolute Gasteiger partial charge is 0.313 e. The van der Waals surface area contributed by atoms with Gasteiger partial charge in [0.1, 0.15) is 0 Å². The average molecular weight is 386 g/mol. The van der Waals surface area contributed by atoms with E-state index in [0.29, 0.717) is 0 Å². The van der Waals surface area contributed by atoms with Crippen LogP contribution in [0.15, 0.2) is 71.7 Å². The van der Waals surface area contributed by atoms with E-state index in [9.17, 15) is 0 Å². The van der Waals surface area contributed by atoms with Crippen LogP contribution in [0.5, 0.6) is 0 Å². The Hall–Kier alpha value is -1.88. The molecule has 0 spiro atoms. The van der Waals surface area contributed by atoms with Crippen molar-refractivity contribution in [2.24, 2.45) is 4.99 Å². The first-order valence-electron chi connectivity index (χ1n) is 6.77. The number of benzene rings is 2. The molecule has 3 rings (SSSR count). The van der Waals surface area contributed by atoms with E-state index in [0.717, 1.165) is 17.1 Å². The summed E-state index contributed by atoms with van der Waals surface area (Å²) in [7, 11) is 0. The molecule has 2 nitrogen and oxygen atoms in total. The van der Waals surface area contributed by atoms with Crippen molar-refractivity contribution in [1.82, 2.24) is 4.57 Å². The molecule has 0 aliphatic carbocycles. The van der Waals surface area contributed by atoms with Gasteiger partial charge in [0, 0.05) is 15.0 Å². The first-order valence-corrected chi connectivity index (χ1v) is 7.85. The number of halogens is 1. The lowest BCUT2D eigenvalue weighted by atomic mass is 10.3. The minimum absolute atomic E-state index is 0.973. The second kappa shape index (κ2) is 6.26. The highest BCUT2D eigenvalue weighted by molar-refractivity contribution is 14.1. The number of aliphatic imine (C=N–C) groups is 1. The maximum absolute atomic E-state index is 4.59. The lowest BCUT2D eigenvalue weighted by Crippen LogP contribution is -2.00. The van der Waals surface area contributed by atoms with E-state index in [2.05, 4.69) is 87.6 Å². The normalized spacial score (nSPS) is 11.1. The van der Waals surface area contributed by atoms with Crippen molar-refractivity contribution in [3.05, 3.63) is 81.7 Å². The molecule has 0 aliphatic heterocycles. The second-order valence-corrected chi connectivity index (χ2v) is 6.05. The summed E-state index contributed by atoms with van der Waals surface area (Å²) in [5.74, 6) is 0. The monoisotopic (exact) mass is 386 g/mol. The summed E-state index contributed by atoms with van der Waals surface area (Å²) in [6, 6.07) is 22.7. The molecule has 0 fully saturated rings. The minimum atomic E-state index is 0.973. The molecule has 0 aliphatic rings. The molecule has 21 heavy (non-hydrogen) atoms. The smallest absolute Gasteiger partial charge is 0.0641 e. The first-order chi connectivity index (χ1) is 10.2. The highest BCUT2D eigenvalue weighted by Crippen LogP contribution is 2.18. The Kier molecular flexibility index (Phi) is 4.20. The summed E-state index contributed by atoms with van der Waals surface area (Å²) in [6.45, 7) is 2.11. The van der Waals surface area contributed by atoms with E-state index in [1.165, 1.54) is 9.26 Å². The zero-order valence-corrected chi connectivity index (χ0v) is 13.9. The van der Waals surface area contributed by atoms with Crippen molar-refractivity contribution in [3.63, 3.8) is 0 Å². The number of hydrogen-bond donors (Lipinski definition) is 0. The van der Waals surface area contributed by atoms with Gasteiger partial charge in [0.25, 0.3) is 0 Å². The van der Waals surface area contributed by atoms with Gasteiger partial charge in [0.15, 0.2) is 0 Å². The van der Waals surface area contributed by atoms with Crippen molar-refractivity contribution in [2.75, 3.05) is 0 Å². The van der Waals surface area contributed by atoms with Crippen LogP contribution in [0.2, 0.25) is 0 Å². The molecule has 2 aromatic carbocycles. The summed E-state index contributed by atoms with van der Waals surface area (Å²) < 4.78 is 3.40. The molecule has 0 amide bonds. The van der Waals surface area contributed by atoms with E-state index in [1.54, 1.807) is 0 Å². The zero-order chi connectivity index (χ0) is 14.7. The van der Waals surface area contributed by atoms with Gasteiger partial charge < -0.3 is 4.57 Å². The van der Waals surface area contributed by atoms with E-state index in [1.807, 2.05) is 24.4 Å². The van der Waals surface area contributed by atoms with Gasteiger partial charge >= 0.3 is 0 Å². The van der Waals surface area contributed by atoms with Crippen molar-refractivity contribution in [1.29, 1.82) is 0 Å². The standard InChI is InChI=1S/C18H15IN2/c1-14-10-11-18(21(14)17-8-3-2-4-9-17)13-20-16-7-5-6-15(19)12-16/h2-13H,1H3. The summed E-state index contributed by atoms with van der Waals surface area (Å²) >= 11 is 2.30. The number of aryl methyl sites for hydroxylation is 1. The Morgan fingerprint density at radius 2 is 1.76 bits per heavy atom. The van der Waals surface area contributed by atoms with Gasteiger partial charge in [-0.1, -0.05) is 24.3 Å². The molecule has 3 heteroatoms. The van der Waals surface area contributed by atoms with E-state index < -0.39 is 0 Å². The maximum atomic E-state index is 4.59. The summed E-state index contributed by atoms with van der Waals surface area (Å²) in [4.78, 5) is 4.59. The van der Waals surface area contributed by atoms with Crippen LogP contribution in [0, 0.1) is 10.5 Å². The molecule has 0 unspecified atom stereocenters. The fraction of sp³-hybridized carbons (Fsp3) is 0.0556. The predicted molar refractivity (Wildman–Crippen MR) is 96.9 cm³/mol. The lowest BCUT2D eigenvalue weighted by molar-refractivity contribution is 1.01. The molecule has 1 heterocycles. The van der Waals surface area contributed by atoms with Crippen molar-refractivity contribution in [2.45, 2.75) is 6.92 Å². The van der Waals surface area contributed by atoms with Crippen LogP contribution < -0.4 is 0 Å². The molecule has 0 atom stereocenters. The highest BCUT2D eigenvalue weighted by atomic mass is 127.